The Morgan fingerprint density at radius 2 is 0.714 bits per heavy atom. The quantitative estimate of drug-likeness (QED) is 0.0921. The minimum absolute atomic E-state index is 0.418. The molecule has 0 spiro atoms. The van der Waals surface area contributed by atoms with E-state index in [1.807, 2.05) is 0 Å². The molecule has 0 fully saturated rings. The molecule has 0 bridgehead atoms. The molecule has 35 heavy (non-hydrogen) atoms. The molecule has 214 valence electrons. The first kappa shape index (κ1) is 37.5. The molecule has 0 rings (SSSR count). The van der Waals surface area contributed by atoms with Crippen LogP contribution in [-0.2, 0) is 18.2 Å². The third kappa shape index (κ3) is 41.7. The predicted molar refractivity (Wildman–Crippen MR) is 155 cm³/mol. The molecule has 1 atom stereocenters. The summed E-state index contributed by atoms with van der Waals surface area (Å²) in [4.78, 5) is 8.91. The van der Waals surface area contributed by atoms with E-state index in [0.717, 1.165) is 19.3 Å². The second kappa shape index (κ2) is 27.4. The van der Waals surface area contributed by atoms with E-state index in [0.29, 0.717) is 13.2 Å². The van der Waals surface area contributed by atoms with Gasteiger partial charge in [-0.1, -0.05) is 136 Å². The molecule has 0 aromatic rings. The van der Waals surface area contributed by atoms with Crippen molar-refractivity contribution < 1.29 is 23.1 Å². The fourth-order valence-electron chi connectivity index (χ4n) is 3.87. The summed E-state index contributed by atoms with van der Waals surface area (Å²) < 4.78 is 32.2. The largest absolute Gasteiger partial charge is 0.329 e. The average Bonchev–Trinajstić information content (AvgIpc) is 2.77. The van der Waals surface area contributed by atoms with Crippen LogP contribution in [0.1, 0.15) is 149 Å². The second-order valence-corrected chi connectivity index (χ2v) is 15.1. The summed E-state index contributed by atoms with van der Waals surface area (Å²) in [6, 6.07) is 0. The van der Waals surface area contributed by atoms with Crippen LogP contribution < -0.4 is 0 Å². The van der Waals surface area contributed by atoms with Crippen LogP contribution in [0.3, 0.4) is 0 Å². The zero-order valence-corrected chi connectivity index (χ0v) is 26.0. The average molecular weight is 541 g/mol. The van der Waals surface area contributed by atoms with Crippen molar-refractivity contribution >= 4 is 15.0 Å². The van der Waals surface area contributed by atoms with Crippen LogP contribution in [0.5, 0.6) is 0 Å². The van der Waals surface area contributed by atoms with Crippen LogP contribution in [0.15, 0.2) is 0 Å². The van der Waals surface area contributed by atoms with Crippen molar-refractivity contribution in [3.05, 3.63) is 0 Å². The summed E-state index contributed by atoms with van der Waals surface area (Å²) in [5, 5.41) is 0. The number of hydrogen-bond donors (Lipinski definition) is 1. The highest BCUT2D eigenvalue weighted by molar-refractivity contribution is 7.57. The maximum atomic E-state index is 11.3. The topological polar surface area (TPSA) is 72.8 Å². The van der Waals surface area contributed by atoms with Crippen LogP contribution in [-0.4, -0.2) is 38.1 Å². The standard InChI is InChI=1S/C14H31O3P.C14H31O2P/c1-3-4-5-6-7-8-9-10-11-12-13-14-17-18(2,15)16;1-4-5-6-7-8-9-10-11-12-13-14-16-17(2,3)15/h3-14H2,1-2H3,(H,15,16);4-14H2,1-3H3. The lowest BCUT2D eigenvalue weighted by molar-refractivity contribution is 0.257. The van der Waals surface area contributed by atoms with Crippen molar-refractivity contribution in [1.29, 1.82) is 0 Å². The molecular formula is C28H62O5P2. The van der Waals surface area contributed by atoms with Gasteiger partial charge in [0.15, 0.2) is 7.37 Å². The first-order valence-electron chi connectivity index (χ1n) is 14.8. The van der Waals surface area contributed by atoms with Crippen molar-refractivity contribution in [2.75, 3.05) is 33.2 Å². The summed E-state index contributed by atoms with van der Waals surface area (Å²) >= 11 is 0. The van der Waals surface area contributed by atoms with Gasteiger partial charge >= 0.3 is 7.60 Å². The predicted octanol–water partition coefficient (Wildman–Crippen LogP) is 10.6. The normalized spacial score (nSPS) is 13.3. The molecule has 7 heteroatoms. The van der Waals surface area contributed by atoms with Gasteiger partial charge in [-0.15, -0.1) is 0 Å². The summed E-state index contributed by atoms with van der Waals surface area (Å²) in [7, 11) is -5.49. The first-order valence-corrected chi connectivity index (χ1v) is 19.3. The number of hydrogen-bond acceptors (Lipinski definition) is 4. The molecule has 0 aromatic heterocycles. The molecule has 1 unspecified atom stereocenters. The molecule has 5 nitrogen and oxygen atoms in total. The minimum atomic E-state index is -3.25. The molecule has 0 radical (unpaired) electrons. The molecule has 0 saturated carbocycles. The number of rotatable bonds is 25. The van der Waals surface area contributed by atoms with Crippen LogP contribution in [0.2, 0.25) is 0 Å². The fourth-order valence-corrected chi connectivity index (χ4v) is 4.91. The maximum Gasteiger partial charge on any atom is 0.325 e. The second-order valence-electron chi connectivity index (χ2n) is 10.4. The minimum Gasteiger partial charge on any atom is -0.329 e. The Labute approximate surface area is 219 Å². The van der Waals surface area contributed by atoms with Crippen LogP contribution in [0, 0.1) is 0 Å². The van der Waals surface area contributed by atoms with E-state index < -0.39 is 15.0 Å². The highest BCUT2D eigenvalue weighted by atomic mass is 31.2. The molecule has 0 aromatic carbocycles. The lowest BCUT2D eigenvalue weighted by atomic mass is 10.1. The summed E-state index contributed by atoms with van der Waals surface area (Å²) in [5.74, 6) is 0. The SMILES string of the molecule is CCCCCCCCCCCCCOP(C)(=O)O.CCCCCCCCCCCCOP(C)(C)=O. The van der Waals surface area contributed by atoms with Gasteiger partial charge in [0.25, 0.3) is 0 Å². The van der Waals surface area contributed by atoms with Gasteiger partial charge in [0.05, 0.1) is 13.2 Å². The number of unbranched alkanes of at least 4 members (excludes halogenated alkanes) is 19. The molecular weight excluding hydrogens is 478 g/mol. The molecule has 0 saturated heterocycles. The van der Waals surface area contributed by atoms with Gasteiger partial charge in [-0.2, -0.15) is 0 Å². The lowest BCUT2D eigenvalue weighted by Crippen LogP contribution is -1.91. The van der Waals surface area contributed by atoms with E-state index in [4.69, 9.17) is 13.9 Å². The zero-order valence-electron chi connectivity index (χ0n) is 24.2. The molecule has 0 amide bonds. The monoisotopic (exact) mass is 540 g/mol. The van der Waals surface area contributed by atoms with Crippen molar-refractivity contribution in [3.63, 3.8) is 0 Å². The third-order valence-electron chi connectivity index (χ3n) is 5.98. The van der Waals surface area contributed by atoms with Gasteiger partial charge in [-0.3, -0.25) is 9.13 Å². The van der Waals surface area contributed by atoms with Gasteiger partial charge in [0, 0.05) is 20.0 Å². The van der Waals surface area contributed by atoms with Gasteiger partial charge in [-0.25, -0.2) is 0 Å². The molecule has 0 aliphatic carbocycles. The Bertz CT molecular complexity index is 502. The van der Waals surface area contributed by atoms with Crippen LogP contribution in [0.4, 0.5) is 0 Å². The molecule has 0 aliphatic heterocycles. The van der Waals surface area contributed by atoms with E-state index >= 15 is 0 Å². The van der Waals surface area contributed by atoms with Crippen molar-refractivity contribution in [1.82, 2.24) is 0 Å². The molecule has 0 heterocycles. The Balaban J connectivity index is 0. The van der Waals surface area contributed by atoms with E-state index in [-0.39, 0.29) is 0 Å². The Morgan fingerprint density at radius 1 is 0.457 bits per heavy atom. The molecule has 0 aliphatic rings. The van der Waals surface area contributed by atoms with Gasteiger partial charge in [0.1, 0.15) is 0 Å². The summed E-state index contributed by atoms with van der Waals surface area (Å²) in [5.41, 5.74) is 0. The Hall–Kier alpha value is 0.340. The van der Waals surface area contributed by atoms with Gasteiger partial charge < -0.3 is 13.9 Å². The molecule has 1 N–H and O–H groups in total. The maximum absolute atomic E-state index is 11.3. The van der Waals surface area contributed by atoms with Crippen molar-refractivity contribution in [3.8, 4) is 0 Å². The van der Waals surface area contributed by atoms with E-state index in [9.17, 15) is 9.13 Å². The van der Waals surface area contributed by atoms with Gasteiger partial charge in [0.2, 0.25) is 0 Å². The van der Waals surface area contributed by atoms with Crippen molar-refractivity contribution in [2.45, 2.75) is 149 Å². The zero-order chi connectivity index (χ0) is 26.7. The Morgan fingerprint density at radius 3 is 0.971 bits per heavy atom. The Kier molecular flexibility index (Phi) is 29.3. The third-order valence-corrected chi connectivity index (χ3v) is 7.44. The smallest absolute Gasteiger partial charge is 0.325 e. The first-order chi connectivity index (χ1) is 16.6. The highest BCUT2D eigenvalue weighted by Gasteiger charge is 2.08. The van der Waals surface area contributed by atoms with Crippen molar-refractivity contribution in [2.24, 2.45) is 0 Å². The van der Waals surface area contributed by atoms with Crippen LogP contribution >= 0.6 is 15.0 Å². The fraction of sp³-hybridized carbons (Fsp3) is 1.00. The summed E-state index contributed by atoms with van der Waals surface area (Å²) in [6.45, 7) is 10.2. The van der Waals surface area contributed by atoms with E-state index in [1.165, 1.54) is 122 Å². The van der Waals surface area contributed by atoms with Crippen LogP contribution in [0.25, 0.3) is 0 Å². The lowest BCUT2D eigenvalue weighted by Gasteiger charge is -2.07. The van der Waals surface area contributed by atoms with E-state index in [1.54, 1.807) is 13.3 Å². The van der Waals surface area contributed by atoms with Gasteiger partial charge in [-0.05, 0) is 12.8 Å². The summed E-state index contributed by atoms with van der Waals surface area (Å²) in [6.07, 6.45) is 27.3. The van der Waals surface area contributed by atoms with E-state index in [2.05, 4.69) is 13.8 Å². The highest BCUT2D eigenvalue weighted by Crippen LogP contribution is 2.37.